The number of amidine groups is 1. The van der Waals surface area contributed by atoms with Crippen LogP contribution in [0.5, 0.6) is 0 Å². The van der Waals surface area contributed by atoms with Crippen LogP contribution in [0.2, 0.25) is 0 Å². The summed E-state index contributed by atoms with van der Waals surface area (Å²) in [4.78, 5) is 11.9. The number of nitrogens with zero attached hydrogens (tertiary/aromatic N) is 1. The van der Waals surface area contributed by atoms with Crippen molar-refractivity contribution in [2.24, 2.45) is 22.2 Å². The minimum atomic E-state index is -0.530. The molecule has 0 aromatic rings. The third-order valence-electron chi connectivity index (χ3n) is 3.06. The van der Waals surface area contributed by atoms with E-state index in [0.717, 1.165) is 12.8 Å². The quantitative estimate of drug-likeness (QED) is 0.275. The first-order valence-electron chi connectivity index (χ1n) is 6.13. The molecule has 0 radical (unpaired) electrons. The number of hydrogen-bond donors (Lipinski definition) is 3. The van der Waals surface area contributed by atoms with E-state index in [4.69, 9.17) is 10.9 Å². The summed E-state index contributed by atoms with van der Waals surface area (Å²) in [6, 6.07) is 0. The molecule has 100 valence electrons. The Balaban J connectivity index is 4.44. The molecule has 0 rings (SSSR count). The molecule has 0 bridgehead atoms. The van der Waals surface area contributed by atoms with Crippen molar-refractivity contribution < 1.29 is 10.0 Å². The zero-order chi connectivity index (χ0) is 13.5. The Morgan fingerprint density at radius 1 is 1.47 bits per heavy atom. The first-order valence-corrected chi connectivity index (χ1v) is 6.13. The van der Waals surface area contributed by atoms with Crippen LogP contribution < -0.4 is 11.1 Å². The van der Waals surface area contributed by atoms with E-state index in [-0.39, 0.29) is 17.2 Å². The number of nitrogens with two attached hydrogens (primary N) is 1. The lowest BCUT2D eigenvalue weighted by molar-refractivity contribution is -0.123. The summed E-state index contributed by atoms with van der Waals surface area (Å²) in [6.45, 7) is 8.82. The van der Waals surface area contributed by atoms with E-state index in [1.165, 1.54) is 0 Å². The van der Waals surface area contributed by atoms with Crippen LogP contribution in [0.1, 0.15) is 47.0 Å². The van der Waals surface area contributed by atoms with Gasteiger partial charge in [-0.05, 0) is 18.3 Å². The number of rotatable bonds is 7. The van der Waals surface area contributed by atoms with Crippen molar-refractivity contribution in [3.05, 3.63) is 0 Å². The predicted octanol–water partition coefficient (Wildman–Crippen LogP) is 1.70. The van der Waals surface area contributed by atoms with Gasteiger partial charge in [-0.1, -0.05) is 39.3 Å². The number of carbonyl (C=O) groups excluding carboxylic acids is 1. The average molecular weight is 243 g/mol. The fraction of sp³-hybridized carbons (Fsp3) is 0.833. The monoisotopic (exact) mass is 243 g/mol. The molecular formula is C12H25N3O2. The van der Waals surface area contributed by atoms with Gasteiger partial charge in [0.25, 0.3) is 0 Å². The SMILES string of the molecule is CCCC(C(=O)NCC(C)(C)CC)C(N)=NO. The molecule has 0 aliphatic rings. The molecule has 0 aromatic heterocycles. The van der Waals surface area contributed by atoms with Crippen molar-refractivity contribution in [3.63, 3.8) is 0 Å². The molecule has 5 heteroatoms. The lowest BCUT2D eigenvalue weighted by Gasteiger charge is -2.24. The molecule has 0 heterocycles. The second-order valence-corrected chi connectivity index (χ2v) is 5.10. The number of carbonyl (C=O) groups is 1. The molecule has 0 aliphatic carbocycles. The molecule has 5 nitrogen and oxygen atoms in total. The van der Waals surface area contributed by atoms with Crippen molar-refractivity contribution in [2.75, 3.05) is 6.54 Å². The van der Waals surface area contributed by atoms with E-state index in [9.17, 15) is 4.79 Å². The molecule has 1 unspecified atom stereocenters. The topological polar surface area (TPSA) is 87.7 Å². The molecule has 17 heavy (non-hydrogen) atoms. The number of nitrogens with one attached hydrogen (secondary N) is 1. The summed E-state index contributed by atoms with van der Waals surface area (Å²) in [7, 11) is 0. The maximum atomic E-state index is 11.9. The van der Waals surface area contributed by atoms with Gasteiger partial charge in [-0.15, -0.1) is 0 Å². The molecule has 1 amide bonds. The van der Waals surface area contributed by atoms with Gasteiger partial charge >= 0.3 is 0 Å². The van der Waals surface area contributed by atoms with Crippen molar-refractivity contribution in [1.82, 2.24) is 5.32 Å². The second kappa shape index (κ2) is 7.14. The Morgan fingerprint density at radius 3 is 2.47 bits per heavy atom. The van der Waals surface area contributed by atoms with Crippen molar-refractivity contribution in [1.29, 1.82) is 0 Å². The zero-order valence-electron chi connectivity index (χ0n) is 11.3. The van der Waals surface area contributed by atoms with Gasteiger partial charge in [0.2, 0.25) is 5.91 Å². The Hall–Kier alpha value is -1.26. The van der Waals surface area contributed by atoms with Crippen LogP contribution in [0.15, 0.2) is 5.16 Å². The Kier molecular flexibility index (Phi) is 6.61. The number of oxime groups is 1. The fourth-order valence-corrected chi connectivity index (χ4v) is 1.35. The largest absolute Gasteiger partial charge is 0.409 e. The molecule has 0 aliphatic heterocycles. The first kappa shape index (κ1) is 15.7. The molecular weight excluding hydrogens is 218 g/mol. The summed E-state index contributed by atoms with van der Waals surface area (Å²) in [5, 5.41) is 14.4. The van der Waals surface area contributed by atoms with Gasteiger partial charge in [0.1, 0.15) is 0 Å². The second-order valence-electron chi connectivity index (χ2n) is 5.10. The summed E-state index contributed by atoms with van der Waals surface area (Å²) < 4.78 is 0. The van der Waals surface area contributed by atoms with E-state index in [2.05, 4.69) is 31.2 Å². The standard InChI is InChI=1S/C12H25N3O2/c1-5-7-9(10(13)15-17)11(16)14-8-12(3,4)6-2/h9,17H,5-8H2,1-4H3,(H2,13,15)(H,14,16). The molecule has 0 aromatic carbocycles. The fourth-order valence-electron chi connectivity index (χ4n) is 1.35. The predicted molar refractivity (Wildman–Crippen MR) is 68.9 cm³/mol. The van der Waals surface area contributed by atoms with E-state index in [0.29, 0.717) is 13.0 Å². The van der Waals surface area contributed by atoms with Crippen LogP contribution in [-0.4, -0.2) is 23.5 Å². The molecule has 4 N–H and O–H groups in total. The highest BCUT2D eigenvalue weighted by Gasteiger charge is 2.24. The molecule has 1 atom stereocenters. The maximum absolute atomic E-state index is 11.9. The summed E-state index contributed by atoms with van der Waals surface area (Å²) >= 11 is 0. The Labute approximate surface area is 103 Å². The number of amides is 1. The highest BCUT2D eigenvalue weighted by Crippen LogP contribution is 2.18. The third-order valence-corrected chi connectivity index (χ3v) is 3.06. The zero-order valence-corrected chi connectivity index (χ0v) is 11.3. The lowest BCUT2D eigenvalue weighted by Crippen LogP contribution is -2.42. The van der Waals surface area contributed by atoms with Crippen LogP contribution in [0.25, 0.3) is 0 Å². The smallest absolute Gasteiger partial charge is 0.230 e. The average Bonchev–Trinajstić information content (AvgIpc) is 2.32. The van der Waals surface area contributed by atoms with Crippen LogP contribution in [0.4, 0.5) is 0 Å². The highest BCUT2D eigenvalue weighted by atomic mass is 16.4. The lowest BCUT2D eigenvalue weighted by atomic mass is 9.90. The highest BCUT2D eigenvalue weighted by molar-refractivity contribution is 6.02. The van der Waals surface area contributed by atoms with Crippen LogP contribution in [0, 0.1) is 11.3 Å². The molecule has 0 saturated heterocycles. The Morgan fingerprint density at radius 2 is 2.06 bits per heavy atom. The molecule has 0 spiro atoms. The van der Waals surface area contributed by atoms with Crippen LogP contribution in [-0.2, 0) is 4.79 Å². The van der Waals surface area contributed by atoms with Gasteiger partial charge in [-0.25, -0.2) is 0 Å². The maximum Gasteiger partial charge on any atom is 0.230 e. The van der Waals surface area contributed by atoms with Gasteiger partial charge in [0.15, 0.2) is 5.84 Å². The van der Waals surface area contributed by atoms with Gasteiger partial charge < -0.3 is 16.3 Å². The van der Waals surface area contributed by atoms with Crippen molar-refractivity contribution in [3.8, 4) is 0 Å². The summed E-state index contributed by atoms with van der Waals surface area (Å²) in [5.41, 5.74) is 5.58. The van der Waals surface area contributed by atoms with E-state index in [1.807, 2.05) is 6.92 Å². The van der Waals surface area contributed by atoms with E-state index in [1.54, 1.807) is 0 Å². The summed E-state index contributed by atoms with van der Waals surface area (Å²) in [5.74, 6) is -0.708. The minimum Gasteiger partial charge on any atom is -0.409 e. The van der Waals surface area contributed by atoms with Crippen molar-refractivity contribution >= 4 is 11.7 Å². The van der Waals surface area contributed by atoms with Crippen molar-refractivity contribution in [2.45, 2.75) is 47.0 Å². The van der Waals surface area contributed by atoms with Gasteiger partial charge in [0.05, 0.1) is 5.92 Å². The van der Waals surface area contributed by atoms with Crippen LogP contribution >= 0.6 is 0 Å². The normalized spacial score (nSPS) is 14.5. The van der Waals surface area contributed by atoms with Gasteiger partial charge in [0, 0.05) is 6.54 Å². The van der Waals surface area contributed by atoms with E-state index < -0.39 is 5.92 Å². The first-order chi connectivity index (χ1) is 7.87. The molecule has 0 fully saturated rings. The number of hydrogen-bond acceptors (Lipinski definition) is 3. The Bertz CT molecular complexity index is 275. The van der Waals surface area contributed by atoms with E-state index >= 15 is 0 Å². The van der Waals surface area contributed by atoms with Gasteiger partial charge in [-0.2, -0.15) is 0 Å². The molecule has 0 saturated carbocycles. The minimum absolute atomic E-state index is 0.0151. The van der Waals surface area contributed by atoms with Gasteiger partial charge in [-0.3, -0.25) is 4.79 Å². The third kappa shape index (κ3) is 5.56. The van der Waals surface area contributed by atoms with Crippen LogP contribution in [0.3, 0.4) is 0 Å². The summed E-state index contributed by atoms with van der Waals surface area (Å²) in [6.07, 6.45) is 2.38.